The van der Waals surface area contributed by atoms with Gasteiger partial charge in [-0.15, -0.1) is 0 Å². The maximum Gasteiger partial charge on any atom is 0.411 e. The topological polar surface area (TPSA) is 47.6 Å². The van der Waals surface area contributed by atoms with Gasteiger partial charge in [-0.1, -0.05) is 35.3 Å². The molecule has 1 N–H and O–H groups in total. The summed E-state index contributed by atoms with van der Waals surface area (Å²) in [4.78, 5) is 11.6. The molecule has 0 bridgehead atoms. The Balaban J connectivity index is 1.74. The Kier molecular flexibility index (Phi) is 6.36. The molecule has 2 aromatic rings. The monoisotopic (exact) mass is 403 g/mol. The van der Waals surface area contributed by atoms with Gasteiger partial charge in [-0.25, -0.2) is 4.79 Å². The van der Waals surface area contributed by atoms with Crippen molar-refractivity contribution in [1.29, 1.82) is 0 Å². The molecule has 0 radical (unpaired) electrons. The molecule has 2 rings (SSSR count). The maximum absolute atomic E-state index is 11.6. The Morgan fingerprint density at radius 2 is 1.86 bits per heavy atom. The van der Waals surface area contributed by atoms with E-state index in [9.17, 15) is 4.79 Å². The lowest BCUT2D eigenvalue weighted by atomic mass is 10.3. The number of hydrogen-bond donors (Lipinski definition) is 1. The van der Waals surface area contributed by atoms with Gasteiger partial charge in [0, 0.05) is 5.69 Å². The number of para-hydroxylation sites is 1. The Bertz CT molecular complexity index is 667. The standard InChI is InChI=1S/C15H12BrCl2NO3/c16-11-3-1-2-4-14(11)21-7-8-22-15(20)19-10-5-6-12(17)13(18)9-10/h1-6,9H,7-8H2,(H,19,20). The number of anilines is 1. The molecule has 0 atom stereocenters. The lowest BCUT2D eigenvalue weighted by Crippen LogP contribution is -2.17. The molecule has 0 saturated heterocycles. The second-order valence-corrected chi connectivity index (χ2v) is 5.84. The van der Waals surface area contributed by atoms with E-state index in [0.717, 1.165) is 4.47 Å². The third kappa shape index (κ3) is 5.09. The second-order valence-electron chi connectivity index (χ2n) is 4.17. The van der Waals surface area contributed by atoms with Gasteiger partial charge in [0.1, 0.15) is 19.0 Å². The van der Waals surface area contributed by atoms with Crippen molar-refractivity contribution >= 4 is 50.9 Å². The number of carbonyl (C=O) groups excluding carboxylic acids is 1. The van der Waals surface area contributed by atoms with Crippen LogP contribution in [0.25, 0.3) is 0 Å². The third-order valence-electron chi connectivity index (χ3n) is 2.58. The number of ether oxygens (including phenoxy) is 2. The van der Waals surface area contributed by atoms with Crippen LogP contribution < -0.4 is 10.1 Å². The SMILES string of the molecule is O=C(Nc1ccc(Cl)c(Cl)c1)OCCOc1ccccc1Br. The second kappa shape index (κ2) is 8.27. The number of hydrogen-bond acceptors (Lipinski definition) is 3. The smallest absolute Gasteiger partial charge is 0.411 e. The van der Waals surface area contributed by atoms with E-state index >= 15 is 0 Å². The molecule has 0 aliphatic carbocycles. The highest BCUT2D eigenvalue weighted by atomic mass is 79.9. The first-order chi connectivity index (χ1) is 10.6. The van der Waals surface area contributed by atoms with Crippen LogP contribution in [0.2, 0.25) is 10.0 Å². The first-order valence-electron chi connectivity index (χ1n) is 6.32. The fourth-order valence-corrected chi connectivity index (χ4v) is 2.27. The number of benzene rings is 2. The summed E-state index contributed by atoms with van der Waals surface area (Å²) in [5.74, 6) is 0.691. The van der Waals surface area contributed by atoms with E-state index in [1.165, 1.54) is 0 Å². The van der Waals surface area contributed by atoms with E-state index < -0.39 is 6.09 Å². The quantitative estimate of drug-likeness (QED) is 0.680. The molecule has 4 nitrogen and oxygen atoms in total. The van der Waals surface area contributed by atoms with Crippen LogP contribution in [0.1, 0.15) is 0 Å². The molecule has 0 saturated carbocycles. The highest BCUT2D eigenvalue weighted by Gasteiger charge is 2.06. The number of amides is 1. The van der Waals surface area contributed by atoms with E-state index in [0.29, 0.717) is 21.5 Å². The number of halogens is 3. The molecule has 2 aromatic carbocycles. The van der Waals surface area contributed by atoms with Crippen LogP contribution in [0, 0.1) is 0 Å². The average molecular weight is 405 g/mol. The molecule has 0 unspecified atom stereocenters. The molecule has 116 valence electrons. The molecule has 0 heterocycles. The fraction of sp³-hybridized carbons (Fsp3) is 0.133. The van der Waals surface area contributed by atoms with Crippen LogP contribution in [0.5, 0.6) is 5.75 Å². The first-order valence-corrected chi connectivity index (χ1v) is 7.87. The largest absolute Gasteiger partial charge is 0.489 e. The van der Waals surface area contributed by atoms with E-state index in [1.54, 1.807) is 18.2 Å². The van der Waals surface area contributed by atoms with Crippen molar-refractivity contribution in [3.8, 4) is 5.75 Å². The van der Waals surface area contributed by atoms with Gasteiger partial charge >= 0.3 is 6.09 Å². The van der Waals surface area contributed by atoms with Crippen molar-refractivity contribution in [2.75, 3.05) is 18.5 Å². The van der Waals surface area contributed by atoms with E-state index in [-0.39, 0.29) is 13.2 Å². The molecule has 22 heavy (non-hydrogen) atoms. The summed E-state index contributed by atoms with van der Waals surface area (Å²) in [6.07, 6.45) is -0.589. The first kappa shape index (κ1) is 16.9. The van der Waals surface area contributed by atoms with Gasteiger partial charge in [-0.2, -0.15) is 0 Å². The Hall–Kier alpha value is -1.43. The highest BCUT2D eigenvalue weighted by Crippen LogP contribution is 2.25. The predicted molar refractivity (Wildman–Crippen MR) is 91.1 cm³/mol. The van der Waals surface area contributed by atoms with Crippen molar-refractivity contribution in [2.24, 2.45) is 0 Å². The van der Waals surface area contributed by atoms with Gasteiger partial charge in [0.15, 0.2) is 0 Å². The number of nitrogens with one attached hydrogen (secondary N) is 1. The normalized spacial score (nSPS) is 10.1. The minimum atomic E-state index is -0.589. The fourth-order valence-electron chi connectivity index (χ4n) is 1.58. The van der Waals surface area contributed by atoms with Crippen molar-refractivity contribution in [3.05, 3.63) is 57.0 Å². The Morgan fingerprint density at radius 1 is 1.09 bits per heavy atom. The number of carbonyl (C=O) groups is 1. The van der Waals surface area contributed by atoms with Crippen molar-refractivity contribution in [3.63, 3.8) is 0 Å². The minimum Gasteiger partial charge on any atom is -0.489 e. The zero-order valence-corrected chi connectivity index (χ0v) is 14.4. The molecule has 0 aliphatic rings. The van der Waals surface area contributed by atoms with Crippen molar-refractivity contribution in [1.82, 2.24) is 0 Å². The molecule has 0 spiro atoms. The summed E-state index contributed by atoms with van der Waals surface area (Å²) in [6, 6.07) is 12.2. The van der Waals surface area contributed by atoms with Crippen LogP contribution in [0.3, 0.4) is 0 Å². The third-order valence-corrected chi connectivity index (χ3v) is 3.97. The van der Waals surface area contributed by atoms with Crippen LogP contribution in [0.4, 0.5) is 10.5 Å². The van der Waals surface area contributed by atoms with Crippen molar-refractivity contribution in [2.45, 2.75) is 0 Å². The van der Waals surface area contributed by atoms with E-state index in [1.807, 2.05) is 24.3 Å². The average Bonchev–Trinajstić information content (AvgIpc) is 2.49. The minimum absolute atomic E-state index is 0.120. The highest BCUT2D eigenvalue weighted by molar-refractivity contribution is 9.10. The Labute approximate surface area is 146 Å². The van der Waals surface area contributed by atoms with Crippen LogP contribution in [0.15, 0.2) is 46.9 Å². The summed E-state index contributed by atoms with van der Waals surface area (Å²) in [7, 11) is 0. The summed E-state index contributed by atoms with van der Waals surface area (Å²) < 4.78 is 11.3. The van der Waals surface area contributed by atoms with Crippen LogP contribution in [-0.4, -0.2) is 19.3 Å². The van der Waals surface area contributed by atoms with Gasteiger partial charge < -0.3 is 9.47 Å². The van der Waals surface area contributed by atoms with Gasteiger partial charge in [0.25, 0.3) is 0 Å². The summed E-state index contributed by atoms with van der Waals surface area (Å²) in [5, 5.41) is 3.33. The molecular weight excluding hydrogens is 393 g/mol. The van der Waals surface area contributed by atoms with E-state index in [2.05, 4.69) is 21.2 Å². The molecule has 7 heteroatoms. The van der Waals surface area contributed by atoms with Crippen molar-refractivity contribution < 1.29 is 14.3 Å². The summed E-state index contributed by atoms with van der Waals surface area (Å²) >= 11 is 15.0. The van der Waals surface area contributed by atoms with E-state index in [4.69, 9.17) is 32.7 Å². The van der Waals surface area contributed by atoms with Crippen LogP contribution >= 0.6 is 39.1 Å². The van der Waals surface area contributed by atoms with Gasteiger partial charge in [-0.3, -0.25) is 5.32 Å². The zero-order valence-electron chi connectivity index (χ0n) is 11.3. The van der Waals surface area contributed by atoms with Crippen LogP contribution in [-0.2, 0) is 4.74 Å². The zero-order chi connectivity index (χ0) is 15.9. The van der Waals surface area contributed by atoms with Gasteiger partial charge in [0.05, 0.1) is 14.5 Å². The lowest BCUT2D eigenvalue weighted by molar-refractivity contribution is 0.137. The number of rotatable bonds is 5. The summed E-state index contributed by atoms with van der Waals surface area (Å²) in [6.45, 7) is 0.367. The molecule has 1 amide bonds. The van der Waals surface area contributed by atoms with Gasteiger partial charge in [-0.05, 0) is 46.3 Å². The molecule has 0 fully saturated rings. The molecule has 0 aromatic heterocycles. The molecular formula is C15H12BrCl2NO3. The maximum atomic E-state index is 11.6. The predicted octanol–water partition coefficient (Wildman–Crippen LogP) is 5.38. The van der Waals surface area contributed by atoms with Gasteiger partial charge in [0.2, 0.25) is 0 Å². The summed E-state index contributed by atoms with van der Waals surface area (Å²) in [5.41, 5.74) is 0.506. The Morgan fingerprint density at radius 3 is 2.59 bits per heavy atom. The lowest BCUT2D eigenvalue weighted by Gasteiger charge is -2.10. The molecule has 0 aliphatic heterocycles.